The Morgan fingerprint density at radius 2 is 2.11 bits per heavy atom. The lowest BCUT2D eigenvalue weighted by Gasteiger charge is -2.19. The second-order valence-electron chi connectivity index (χ2n) is 4.65. The van der Waals surface area contributed by atoms with Crippen molar-refractivity contribution >= 4 is 11.6 Å². The van der Waals surface area contributed by atoms with Gasteiger partial charge in [-0.05, 0) is 31.9 Å². The number of benzene rings is 1. The molecule has 4 N–H and O–H groups in total. The summed E-state index contributed by atoms with van der Waals surface area (Å²) in [6, 6.07) is 4.83. The van der Waals surface area contributed by atoms with Gasteiger partial charge >= 0.3 is 0 Å². The number of nitrogen functional groups attached to an aromatic ring is 1. The van der Waals surface area contributed by atoms with Crippen molar-refractivity contribution < 1.29 is 14.6 Å². The Balaban J connectivity index is 2.81. The van der Waals surface area contributed by atoms with Crippen molar-refractivity contribution in [2.75, 3.05) is 18.9 Å². The van der Waals surface area contributed by atoms with Crippen molar-refractivity contribution in [2.45, 2.75) is 26.8 Å². The van der Waals surface area contributed by atoms with Gasteiger partial charge in [-0.25, -0.2) is 0 Å². The van der Waals surface area contributed by atoms with Gasteiger partial charge in [0.25, 0.3) is 5.91 Å². The number of anilines is 1. The average molecular weight is 266 g/mol. The molecule has 0 radical (unpaired) electrons. The van der Waals surface area contributed by atoms with Crippen LogP contribution in [0.15, 0.2) is 18.2 Å². The standard InChI is InChI=1S/C14H22N2O3/c1-4-19-13-6-11(5-12(15)7-13)14(18)16-10(3)9(2)8-17/h5-7,9-10,17H,4,8,15H2,1-3H3,(H,16,18). The first-order chi connectivity index (χ1) is 8.97. The molecule has 0 aliphatic carbocycles. The number of aliphatic hydroxyl groups excluding tert-OH is 1. The number of carbonyl (C=O) groups is 1. The number of hydrogen-bond acceptors (Lipinski definition) is 4. The van der Waals surface area contributed by atoms with Gasteiger partial charge in [0, 0.05) is 30.0 Å². The fraction of sp³-hybridized carbons (Fsp3) is 0.500. The summed E-state index contributed by atoms with van der Waals surface area (Å²) >= 11 is 0. The van der Waals surface area contributed by atoms with E-state index in [4.69, 9.17) is 15.6 Å². The summed E-state index contributed by atoms with van der Waals surface area (Å²) in [5.74, 6) is 0.355. The third kappa shape index (κ3) is 4.44. The van der Waals surface area contributed by atoms with Gasteiger partial charge in [-0.1, -0.05) is 6.92 Å². The predicted octanol–water partition coefficient (Wildman–Crippen LogP) is 1.41. The number of aliphatic hydroxyl groups is 1. The van der Waals surface area contributed by atoms with E-state index in [0.717, 1.165) is 0 Å². The van der Waals surface area contributed by atoms with E-state index in [0.29, 0.717) is 23.6 Å². The fourth-order valence-corrected chi connectivity index (χ4v) is 1.59. The van der Waals surface area contributed by atoms with E-state index < -0.39 is 0 Å². The molecule has 19 heavy (non-hydrogen) atoms. The Morgan fingerprint density at radius 3 is 2.68 bits per heavy atom. The van der Waals surface area contributed by atoms with Crippen molar-refractivity contribution in [1.29, 1.82) is 0 Å². The Kier molecular flexibility index (Phi) is 5.63. The lowest BCUT2D eigenvalue weighted by molar-refractivity contribution is 0.0916. The van der Waals surface area contributed by atoms with Gasteiger partial charge in [0.05, 0.1) is 6.61 Å². The van der Waals surface area contributed by atoms with Gasteiger partial charge in [0.15, 0.2) is 0 Å². The van der Waals surface area contributed by atoms with Gasteiger partial charge in [-0.3, -0.25) is 4.79 Å². The molecule has 1 rings (SSSR count). The minimum atomic E-state index is -0.221. The number of rotatable bonds is 6. The Labute approximate surface area is 113 Å². The molecule has 0 saturated heterocycles. The lowest BCUT2D eigenvalue weighted by atomic mass is 10.0. The third-order valence-corrected chi connectivity index (χ3v) is 3.00. The number of ether oxygens (including phenoxy) is 1. The van der Waals surface area contributed by atoms with Crippen LogP contribution in [0, 0.1) is 5.92 Å². The van der Waals surface area contributed by atoms with E-state index in [1.165, 1.54) is 0 Å². The zero-order chi connectivity index (χ0) is 14.4. The number of carbonyl (C=O) groups excluding carboxylic acids is 1. The highest BCUT2D eigenvalue weighted by atomic mass is 16.5. The predicted molar refractivity (Wildman–Crippen MR) is 75.2 cm³/mol. The molecule has 2 atom stereocenters. The van der Waals surface area contributed by atoms with Gasteiger partial charge in [0.2, 0.25) is 0 Å². The monoisotopic (exact) mass is 266 g/mol. The summed E-state index contributed by atoms with van der Waals surface area (Å²) in [5.41, 5.74) is 6.69. The number of nitrogens with one attached hydrogen (secondary N) is 1. The minimum Gasteiger partial charge on any atom is -0.494 e. The van der Waals surface area contributed by atoms with E-state index in [1.807, 2.05) is 20.8 Å². The second kappa shape index (κ2) is 6.99. The molecule has 5 nitrogen and oxygen atoms in total. The molecule has 1 amide bonds. The molecule has 0 aliphatic rings. The Morgan fingerprint density at radius 1 is 1.42 bits per heavy atom. The van der Waals surface area contributed by atoms with Crippen LogP contribution in [0.2, 0.25) is 0 Å². The lowest BCUT2D eigenvalue weighted by Crippen LogP contribution is -2.38. The summed E-state index contributed by atoms with van der Waals surface area (Å²) in [7, 11) is 0. The molecule has 0 aromatic heterocycles. The molecule has 106 valence electrons. The number of amides is 1. The molecular formula is C14H22N2O3. The van der Waals surface area contributed by atoms with Crippen LogP contribution in [-0.2, 0) is 0 Å². The molecule has 0 fully saturated rings. The number of hydrogen-bond donors (Lipinski definition) is 3. The van der Waals surface area contributed by atoms with Gasteiger partial charge < -0.3 is 20.9 Å². The van der Waals surface area contributed by atoms with Crippen LogP contribution in [0.25, 0.3) is 0 Å². The van der Waals surface area contributed by atoms with Crippen LogP contribution in [-0.4, -0.2) is 30.3 Å². The highest BCUT2D eigenvalue weighted by molar-refractivity contribution is 5.95. The Hall–Kier alpha value is -1.75. The van der Waals surface area contributed by atoms with Crippen molar-refractivity contribution in [2.24, 2.45) is 5.92 Å². The van der Waals surface area contributed by atoms with Crippen molar-refractivity contribution in [3.63, 3.8) is 0 Å². The second-order valence-corrected chi connectivity index (χ2v) is 4.65. The first-order valence-corrected chi connectivity index (χ1v) is 6.43. The molecule has 0 spiro atoms. The molecule has 2 unspecified atom stereocenters. The van der Waals surface area contributed by atoms with Gasteiger partial charge in [-0.2, -0.15) is 0 Å². The molecule has 0 bridgehead atoms. The quantitative estimate of drug-likeness (QED) is 0.680. The fourth-order valence-electron chi connectivity index (χ4n) is 1.59. The zero-order valence-corrected chi connectivity index (χ0v) is 11.6. The summed E-state index contributed by atoms with van der Waals surface area (Å²) in [6.45, 7) is 6.14. The largest absolute Gasteiger partial charge is 0.494 e. The first-order valence-electron chi connectivity index (χ1n) is 6.43. The van der Waals surface area contributed by atoms with Crippen molar-refractivity contribution in [3.8, 4) is 5.75 Å². The normalized spacial score (nSPS) is 13.7. The molecule has 0 saturated carbocycles. The molecule has 1 aromatic carbocycles. The maximum absolute atomic E-state index is 12.1. The maximum Gasteiger partial charge on any atom is 0.251 e. The molecular weight excluding hydrogens is 244 g/mol. The smallest absolute Gasteiger partial charge is 0.251 e. The zero-order valence-electron chi connectivity index (χ0n) is 11.6. The average Bonchev–Trinajstić information content (AvgIpc) is 2.37. The first kappa shape index (κ1) is 15.3. The van der Waals surface area contributed by atoms with Crippen LogP contribution in [0.4, 0.5) is 5.69 Å². The van der Waals surface area contributed by atoms with E-state index in [2.05, 4.69) is 5.32 Å². The van der Waals surface area contributed by atoms with Crippen molar-refractivity contribution in [1.82, 2.24) is 5.32 Å². The van der Waals surface area contributed by atoms with Gasteiger partial charge in [0.1, 0.15) is 5.75 Å². The highest BCUT2D eigenvalue weighted by Crippen LogP contribution is 2.19. The molecule has 0 heterocycles. The highest BCUT2D eigenvalue weighted by Gasteiger charge is 2.16. The van der Waals surface area contributed by atoms with Gasteiger partial charge in [-0.15, -0.1) is 0 Å². The van der Waals surface area contributed by atoms with Crippen LogP contribution < -0.4 is 15.8 Å². The van der Waals surface area contributed by atoms with Crippen LogP contribution in [0.5, 0.6) is 5.75 Å². The SMILES string of the molecule is CCOc1cc(N)cc(C(=O)NC(C)C(C)CO)c1. The van der Waals surface area contributed by atoms with E-state index in [-0.39, 0.29) is 24.5 Å². The number of nitrogens with two attached hydrogens (primary N) is 1. The summed E-state index contributed by atoms with van der Waals surface area (Å²) in [4.78, 5) is 12.1. The summed E-state index contributed by atoms with van der Waals surface area (Å²) < 4.78 is 5.35. The maximum atomic E-state index is 12.1. The minimum absolute atomic E-state index is 0.00336. The van der Waals surface area contributed by atoms with E-state index >= 15 is 0 Å². The van der Waals surface area contributed by atoms with Crippen LogP contribution >= 0.6 is 0 Å². The Bertz CT molecular complexity index is 435. The van der Waals surface area contributed by atoms with E-state index in [9.17, 15) is 4.79 Å². The summed E-state index contributed by atoms with van der Waals surface area (Å²) in [5, 5.41) is 11.9. The molecule has 0 aliphatic heterocycles. The van der Waals surface area contributed by atoms with Crippen molar-refractivity contribution in [3.05, 3.63) is 23.8 Å². The van der Waals surface area contributed by atoms with E-state index in [1.54, 1.807) is 18.2 Å². The molecule has 5 heteroatoms. The topological polar surface area (TPSA) is 84.6 Å². The summed E-state index contributed by atoms with van der Waals surface area (Å²) in [6.07, 6.45) is 0. The third-order valence-electron chi connectivity index (χ3n) is 3.00. The molecule has 1 aromatic rings. The van der Waals surface area contributed by atoms with Crippen LogP contribution in [0.3, 0.4) is 0 Å². The van der Waals surface area contributed by atoms with Crippen LogP contribution in [0.1, 0.15) is 31.1 Å².